The topological polar surface area (TPSA) is 102 Å². The number of aromatic hydroxyl groups is 1. The maximum atomic E-state index is 15.0. The number of nitrogens with one attached hydrogen (secondary N) is 1. The van der Waals surface area contributed by atoms with E-state index >= 15 is 8.78 Å². The van der Waals surface area contributed by atoms with E-state index < -0.39 is 24.5 Å². The number of piperazine rings is 1. The Bertz CT molecular complexity index is 2050. The number of carbonyl (C=O) groups is 3. The van der Waals surface area contributed by atoms with Crippen LogP contribution >= 0.6 is 0 Å². The maximum absolute atomic E-state index is 15.0. The lowest BCUT2D eigenvalue weighted by atomic mass is 9.69. The quantitative estimate of drug-likeness (QED) is 0.166. The number of benzene rings is 4. The van der Waals surface area contributed by atoms with Crippen LogP contribution in [-0.4, -0.2) is 83.9 Å². The minimum absolute atomic E-state index is 0.0704. The number of alkyl halides is 2. The second kappa shape index (κ2) is 15.5. The second-order valence-corrected chi connectivity index (χ2v) is 15.3. The smallest absolute Gasteiger partial charge is 0.281 e. The number of amides is 3. The van der Waals surface area contributed by atoms with Gasteiger partial charge < -0.3 is 19.6 Å². The highest BCUT2D eigenvalue weighted by atomic mass is 19.3. The fraction of sp³-hybridized carbons (Fsp3) is 0.386. The molecule has 2 N–H and O–H groups in total. The van der Waals surface area contributed by atoms with Crippen LogP contribution in [0.4, 0.5) is 14.5 Å². The van der Waals surface area contributed by atoms with E-state index in [0.29, 0.717) is 37.2 Å². The lowest BCUT2D eigenvalue weighted by Gasteiger charge is -2.36. The average molecular weight is 749 g/mol. The number of halogens is 2. The number of ether oxygens (including phenoxy) is 1. The molecule has 4 aromatic rings. The van der Waals surface area contributed by atoms with E-state index in [0.717, 1.165) is 61.4 Å². The lowest BCUT2D eigenvalue weighted by Crippen LogP contribution is -2.52. The normalized spacial score (nSPS) is 21.6. The van der Waals surface area contributed by atoms with Crippen LogP contribution in [0.5, 0.6) is 11.5 Å². The highest BCUT2D eigenvalue weighted by molar-refractivity contribution is 6.05. The molecule has 0 radical (unpaired) electrons. The first-order chi connectivity index (χ1) is 26.6. The van der Waals surface area contributed by atoms with Gasteiger partial charge in [-0.15, -0.1) is 0 Å². The van der Waals surface area contributed by atoms with Crippen LogP contribution in [0.2, 0.25) is 0 Å². The molecule has 2 saturated heterocycles. The molecule has 9 nitrogen and oxygen atoms in total. The van der Waals surface area contributed by atoms with Crippen molar-refractivity contribution in [3.05, 3.63) is 124 Å². The molecule has 1 unspecified atom stereocenters. The third-order valence-corrected chi connectivity index (χ3v) is 11.8. The molecular formula is C44H46F2N4O5. The van der Waals surface area contributed by atoms with Gasteiger partial charge in [-0.2, -0.15) is 0 Å². The Hall–Kier alpha value is -5.29. The molecule has 55 heavy (non-hydrogen) atoms. The van der Waals surface area contributed by atoms with E-state index in [-0.39, 0.29) is 42.2 Å². The van der Waals surface area contributed by atoms with E-state index in [9.17, 15) is 19.5 Å². The molecule has 3 amide bonds. The van der Waals surface area contributed by atoms with E-state index in [2.05, 4.69) is 39.4 Å². The molecule has 4 aromatic carbocycles. The van der Waals surface area contributed by atoms with Crippen molar-refractivity contribution in [1.82, 2.24) is 15.1 Å². The fourth-order valence-corrected chi connectivity index (χ4v) is 8.86. The molecule has 8 rings (SSSR count). The summed E-state index contributed by atoms with van der Waals surface area (Å²) < 4.78 is 35.7. The zero-order valence-electron chi connectivity index (χ0n) is 30.8. The van der Waals surface area contributed by atoms with Crippen LogP contribution < -0.4 is 15.0 Å². The summed E-state index contributed by atoms with van der Waals surface area (Å²) in [6.07, 6.45) is 2.45. The summed E-state index contributed by atoms with van der Waals surface area (Å²) in [7, 11) is 0. The number of imide groups is 1. The van der Waals surface area contributed by atoms with E-state index in [1.54, 1.807) is 23.1 Å². The van der Waals surface area contributed by atoms with Crippen molar-refractivity contribution in [3.8, 4) is 11.5 Å². The van der Waals surface area contributed by atoms with Crippen molar-refractivity contribution >= 4 is 23.4 Å². The number of phenols is 1. The van der Waals surface area contributed by atoms with Gasteiger partial charge in [0.2, 0.25) is 11.8 Å². The molecule has 2 fully saturated rings. The Balaban J connectivity index is 0.806. The van der Waals surface area contributed by atoms with Crippen LogP contribution in [0.25, 0.3) is 0 Å². The van der Waals surface area contributed by atoms with Gasteiger partial charge in [0, 0.05) is 62.7 Å². The monoisotopic (exact) mass is 748 g/mol. The molecule has 0 aromatic heterocycles. The number of hydrogen-bond acceptors (Lipinski definition) is 7. The average Bonchev–Trinajstić information content (AvgIpc) is 3.52. The summed E-state index contributed by atoms with van der Waals surface area (Å²) in [6.45, 7) is 3.17. The van der Waals surface area contributed by atoms with Crippen molar-refractivity contribution < 1.29 is 33.0 Å². The third-order valence-electron chi connectivity index (χ3n) is 11.8. The Labute approximate surface area is 319 Å². The van der Waals surface area contributed by atoms with Gasteiger partial charge in [0.05, 0.1) is 0 Å². The van der Waals surface area contributed by atoms with Crippen LogP contribution in [0.1, 0.15) is 82.1 Å². The van der Waals surface area contributed by atoms with Crippen molar-refractivity contribution in [2.75, 3.05) is 44.2 Å². The number of nitrogens with zero attached hydrogens (tertiary/aromatic N) is 3. The van der Waals surface area contributed by atoms with Gasteiger partial charge in [0.15, 0.2) is 6.61 Å². The van der Waals surface area contributed by atoms with Gasteiger partial charge in [0.25, 0.3) is 11.8 Å². The molecule has 11 heteroatoms. The summed E-state index contributed by atoms with van der Waals surface area (Å²) in [5.41, 5.74) is 7.10. The van der Waals surface area contributed by atoms with E-state index in [1.165, 1.54) is 11.1 Å². The van der Waals surface area contributed by atoms with Crippen molar-refractivity contribution in [3.63, 3.8) is 0 Å². The van der Waals surface area contributed by atoms with Gasteiger partial charge in [-0.05, 0) is 108 Å². The van der Waals surface area contributed by atoms with Gasteiger partial charge in [-0.1, -0.05) is 48.5 Å². The number of hydrogen-bond donors (Lipinski definition) is 2. The maximum Gasteiger partial charge on any atom is 0.281 e. The summed E-state index contributed by atoms with van der Waals surface area (Å²) in [4.78, 5) is 43.1. The van der Waals surface area contributed by atoms with Crippen LogP contribution in [0.3, 0.4) is 0 Å². The van der Waals surface area contributed by atoms with Crippen molar-refractivity contribution in [1.29, 1.82) is 0 Å². The fourth-order valence-electron chi connectivity index (χ4n) is 8.86. The number of phenolic OH excluding ortho intramolecular Hbond substituents is 1. The Kier molecular flexibility index (Phi) is 10.3. The first kappa shape index (κ1) is 36.7. The number of carbonyl (C=O) groups excluding carboxylic acids is 3. The Morgan fingerprint density at radius 3 is 2.36 bits per heavy atom. The SMILES string of the molecule is O=C1CCC(N2Cc3cc(N4CCN(CCCC(F)(F)COc5ccc([C@@H]6c7ccc(O)cc7CC[C@@H]6c6ccccc6)cc5)CC4)ccc3C2=O)C(=O)N1. The number of anilines is 1. The number of rotatable bonds is 11. The number of aryl methyl sites for hydroxylation is 1. The highest BCUT2D eigenvalue weighted by Crippen LogP contribution is 2.47. The van der Waals surface area contributed by atoms with Gasteiger partial charge in [-0.25, -0.2) is 8.78 Å². The van der Waals surface area contributed by atoms with Crippen LogP contribution in [0, 0.1) is 0 Å². The molecule has 4 aliphatic rings. The molecule has 0 bridgehead atoms. The summed E-state index contributed by atoms with van der Waals surface area (Å²) in [5.74, 6) is -2.89. The predicted octanol–water partition coefficient (Wildman–Crippen LogP) is 6.63. The van der Waals surface area contributed by atoms with E-state index in [4.69, 9.17) is 4.74 Å². The summed E-state index contributed by atoms with van der Waals surface area (Å²) >= 11 is 0. The van der Waals surface area contributed by atoms with Crippen LogP contribution in [-0.2, 0) is 22.6 Å². The Morgan fingerprint density at radius 2 is 1.60 bits per heavy atom. The number of piperidine rings is 1. The standard InChI is InChI=1S/C44H46F2N4O5/c45-44(46,28-55-35-12-7-30(8-13-35)41-36(29-5-2-1-3-6-29)14-9-31-26-34(51)11-16-37(31)41)19-4-20-48-21-23-49(24-22-48)33-10-15-38-32(25-33)27-50(43(38)54)39-17-18-40(52)47-42(39)53/h1-3,5-8,10-13,15-16,25-26,36,39,41,51H,4,9,14,17-24,27-28H2,(H,47,52,53)/t36-,39?,41+/m1/s1. The minimum Gasteiger partial charge on any atom is -0.508 e. The summed E-state index contributed by atoms with van der Waals surface area (Å²) in [6, 6.07) is 28.7. The molecule has 0 spiro atoms. The van der Waals surface area contributed by atoms with Gasteiger partial charge in [0.1, 0.15) is 17.5 Å². The summed E-state index contributed by atoms with van der Waals surface area (Å²) in [5, 5.41) is 12.5. The number of fused-ring (bicyclic) bond motifs is 2. The molecule has 0 saturated carbocycles. The third kappa shape index (κ3) is 7.94. The Morgan fingerprint density at radius 1 is 0.818 bits per heavy atom. The first-order valence-electron chi connectivity index (χ1n) is 19.3. The zero-order valence-corrected chi connectivity index (χ0v) is 30.8. The molecule has 286 valence electrons. The second-order valence-electron chi connectivity index (χ2n) is 15.3. The van der Waals surface area contributed by atoms with Gasteiger partial charge in [-0.3, -0.25) is 24.6 Å². The van der Waals surface area contributed by atoms with Crippen molar-refractivity contribution in [2.24, 2.45) is 0 Å². The molecule has 3 atom stereocenters. The minimum atomic E-state index is -2.97. The molecule has 1 aliphatic carbocycles. The molecule has 3 aliphatic heterocycles. The van der Waals surface area contributed by atoms with Crippen molar-refractivity contribution in [2.45, 2.75) is 68.9 Å². The molecular weight excluding hydrogens is 703 g/mol. The van der Waals surface area contributed by atoms with Gasteiger partial charge >= 0.3 is 0 Å². The molecule has 3 heterocycles. The van der Waals surface area contributed by atoms with E-state index in [1.807, 2.05) is 48.5 Å². The lowest BCUT2D eigenvalue weighted by molar-refractivity contribution is -0.136. The first-order valence-corrected chi connectivity index (χ1v) is 19.3. The van der Waals surface area contributed by atoms with Crippen LogP contribution in [0.15, 0.2) is 91.0 Å². The zero-order chi connectivity index (χ0) is 38.1. The largest absolute Gasteiger partial charge is 0.508 e. The highest BCUT2D eigenvalue weighted by Gasteiger charge is 2.39. The predicted molar refractivity (Wildman–Crippen MR) is 205 cm³/mol.